The third-order valence-corrected chi connectivity index (χ3v) is 0. The van der Waals surface area contributed by atoms with E-state index in [2.05, 4.69) is 27.7 Å². The van der Waals surface area contributed by atoms with Crippen molar-refractivity contribution >= 4 is 11.6 Å². The first kappa shape index (κ1) is 18.2. The standard InChI is InChI=1S/C5H12.2C3H6O/c1-5(2,3)4;2*1-3(2)4/h1-4H3;2*1-2H3. The Morgan fingerprint density at radius 1 is 0.692 bits per heavy atom. The highest BCUT2D eigenvalue weighted by atomic mass is 16.1. The Bertz CT molecular complexity index is 115. The topological polar surface area (TPSA) is 34.1 Å². The lowest BCUT2D eigenvalue weighted by atomic mass is 10.0. The van der Waals surface area contributed by atoms with Gasteiger partial charge in [-0.3, -0.25) is 0 Å². The van der Waals surface area contributed by atoms with Crippen LogP contribution in [0.4, 0.5) is 0 Å². The van der Waals surface area contributed by atoms with Crippen molar-refractivity contribution in [1.29, 1.82) is 0 Å². The monoisotopic (exact) mass is 188 g/mol. The van der Waals surface area contributed by atoms with Gasteiger partial charge in [-0.1, -0.05) is 27.7 Å². The summed E-state index contributed by atoms with van der Waals surface area (Å²) < 4.78 is 0. The quantitative estimate of drug-likeness (QED) is 0.585. The average Bonchev–Trinajstić information content (AvgIpc) is 1.50. The van der Waals surface area contributed by atoms with E-state index in [-0.39, 0.29) is 11.6 Å². The molecule has 0 aromatic carbocycles. The highest BCUT2D eigenvalue weighted by Gasteiger charge is 1.95. The second-order valence-corrected chi connectivity index (χ2v) is 4.82. The minimum atomic E-state index is 0.167. The van der Waals surface area contributed by atoms with Gasteiger partial charge >= 0.3 is 0 Å². The van der Waals surface area contributed by atoms with E-state index in [0.717, 1.165) is 0 Å². The van der Waals surface area contributed by atoms with Gasteiger partial charge in [0.1, 0.15) is 11.6 Å². The van der Waals surface area contributed by atoms with Crippen LogP contribution in [0, 0.1) is 5.41 Å². The van der Waals surface area contributed by atoms with Gasteiger partial charge in [0.05, 0.1) is 0 Å². The number of carbonyl (C=O) groups excluding carboxylic acids is 2. The first-order valence-electron chi connectivity index (χ1n) is 4.41. The molecule has 0 heterocycles. The Morgan fingerprint density at radius 2 is 0.692 bits per heavy atom. The Hall–Kier alpha value is -0.660. The predicted molar refractivity (Wildman–Crippen MR) is 57.8 cm³/mol. The Labute approximate surface area is 82.7 Å². The molecule has 0 spiro atoms. The van der Waals surface area contributed by atoms with Crippen LogP contribution in [0.15, 0.2) is 0 Å². The largest absolute Gasteiger partial charge is 0.300 e. The molecule has 2 nitrogen and oxygen atoms in total. The fraction of sp³-hybridized carbons (Fsp3) is 0.818. The zero-order valence-corrected chi connectivity index (χ0v) is 10.3. The van der Waals surface area contributed by atoms with Crippen LogP contribution in [0.5, 0.6) is 0 Å². The van der Waals surface area contributed by atoms with E-state index in [9.17, 15) is 9.59 Å². The van der Waals surface area contributed by atoms with Crippen molar-refractivity contribution in [2.75, 3.05) is 0 Å². The second kappa shape index (κ2) is 9.43. The molecular weight excluding hydrogens is 164 g/mol. The first-order chi connectivity index (χ1) is 5.46. The van der Waals surface area contributed by atoms with Crippen LogP contribution in [-0.2, 0) is 9.59 Å². The van der Waals surface area contributed by atoms with E-state index < -0.39 is 0 Å². The van der Waals surface area contributed by atoms with E-state index >= 15 is 0 Å². The summed E-state index contributed by atoms with van der Waals surface area (Å²) in [6.45, 7) is 14.9. The van der Waals surface area contributed by atoms with Gasteiger partial charge in [0.25, 0.3) is 0 Å². The van der Waals surface area contributed by atoms with Crippen LogP contribution in [0.3, 0.4) is 0 Å². The van der Waals surface area contributed by atoms with E-state index in [0.29, 0.717) is 5.41 Å². The summed E-state index contributed by atoms with van der Waals surface area (Å²) in [5.41, 5.74) is 0.500. The molecule has 0 N–H and O–H groups in total. The van der Waals surface area contributed by atoms with Crippen molar-refractivity contribution in [3.63, 3.8) is 0 Å². The number of Topliss-reactive ketones (excluding diaryl/α,β-unsaturated/α-hetero) is 2. The third-order valence-electron chi connectivity index (χ3n) is 0. The first-order valence-corrected chi connectivity index (χ1v) is 4.41. The molecule has 0 saturated carbocycles. The number of ketones is 2. The zero-order chi connectivity index (χ0) is 11.7. The lowest BCUT2D eigenvalue weighted by Gasteiger charge is -2.05. The van der Waals surface area contributed by atoms with Crippen LogP contribution in [0.25, 0.3) is 0 Å². The van der Waals surface area contributed by atoms with Crippen molar-refractivity contribution in [3.8, 4) is 0 Å². The molecule has 0 aliphatic carbocycles. The summed E-state index contributed by atoms with van der Waals surface area (Å²) in [5.74, 6) is 0.333. The smallest absolute Gasteiger partial charge is 0.126 e. The summed E-state index contributed by atoms with van der Waals surface area (Å²) in [6.07, 6.45) is 0. The van der Waals surface area contributed by atoms with Gasteiger partial charge < -0.3 is 9.59 Å². The molecule has 0 aromatic heterocycles. The number of rotatable bonds is 0. The Balaban J connectivity index is -0.000000117. The number of carbonyl (C=O) groups is 2. The van der Waals surface area contributed by atoms with Gasteiger partial charge in [0.2, 0.25) is 0 Å². The van der Waals surface area contributed by atoms with E-state index in [4.69, 9.17) is 0 Å². The SMILES string of the molecule is CC(C)(C)C.CC(C)=O.CC(C)=O. The van der Waals surface area contributed by atoms with Crippen LogP contribution >= 0.6 is 0 Å². The van der Waals surface area contributed by atoms with Gasteiger partial charge in [0.15, 0.2) is 0 Å². The molecule has 0 atom stereocenters. The highest BCUT2D eigenvalue weighted by molar-refractivity contribution is 5.72. The number of hydrogen-bond acceptors (Lipinski definition) is 2. The number of hydrogen-bond donors (Lipinski definition) is 0. The van der Waals surface area contributed by atoms with E-state index in [1.165, 1.54) is 27.7 Å². The molecule has 80 valence electrons. The van der Waals surface area contributed by atoms with Crippen LogP contribution in [0.1, 0.15) is 55.4 Å². The lowest BCUT2D eigenvalue weighted by Crippen LogP contribution is -1.93. The molecule has 0 fully saturated rings. The second-order valence-electron chi connectivity index (χ2n) is 4.82. The average molecular weight is 188 g/mol. The molecule has 0 bridgehead atoms. The molecule has 0 amide bonds. The zero-order valence-electron chi connectivity index (χ0n) is 10.3. The maximum atomic E-state index is 9.44. The molecule has 0 rings (SSSR count). The van der Waals surface area contributed by atoms with Crippen LogP contribution in [-0.4, -0.2) is 11.6 Å². The summed E-state index contributed by atoms with van der Waals surface area (Å²) in [7, 11) is 0. The molecule has 0 aromatic rings. The van der Waals surface area contributed by atoms with Gasteiger partial charge in [-0.25, -0.2) is 0 Å². The lowest BCUT2D eigenvalue weighted by molar-refractivity contribution is -0.115. The van der Waals surface area contributed by atoms with Crippen LogP contribution in [0.2, 0.25) is 0 Å². The minimum absolute atomic E-state index is 0.167. The van der Waals surface area contributed by atoms with Crippen molar-refractivity contribution in [2.45, 2.75) is 55.4 Å². The molecule has 0 radical (unpaired) electrons. The van der Waals surface area contributed by atoms with Crippen molar-refractivity contribution in [3.05, 3.63) is 0 Å². The molecular formula is C11H24O2. The van der Waals surface area contributed by atoms with Crippen molar-refractivity contribution in [1.82, 2.24) is 0 Å². The van der Waals surface area contributed by atoms with Crippen molar-refractivity contribution < 1.29 is 9.59 Å². The maximum absolute atomic E-state index is 9.44. The summed E-state index contributed by atoms with van der Waals surface area (Å²) >= 11 is 0. The summed E-state index contributed by atoms with van der Waals surface area (Å²) in [4.78, 5) is 18.9. The minimum Gasteiger partial charge on any atom is -0.300 e. The fourth-order valence-corrected chi connectivity index (χ4v) is 0. The Kier molecular flexibility index (Phi) is 13.2. The fourth-order valence-electron chi connectivity index (χ4n) is 0. The van der Waals surface area contributed by atoms with Gasteiger partial charge in [0, 0.05) is 0 Å². The molecule has 0 unspecified atom stereocenters. The summed E-state index contributed by atoms with van der Waals surface area (Å²) in [6, 6.07) is 0. The normalized spacial score (nSPS) is 8.62. The predicted octanol–water partition coefficient (Wildman–Crippen LogP) is 3.24. The molecule has 0 aliphatic heterocycles. The maximum Gasteiger partial charge on any atom is 0.126 e. The molecule has 0 saturated heterocycles. The van der Waals surface area contributed by atoms with Gasteiger partial charge in [-0.2, -0.15) is 0 Å². The van der Waals surface area contributed by atoms with Crippen LogP contribution < -0.4 is 0 Å². The summed E-state index contributed by atoms with van der Waals surface area (Å²) in [5, 5.41) is 0. The van der Waals surface area contributed by atoms with Crippen molar-refractivity contribution in [2.24, 2.45) is 5.41 Å². The molecule has 2 heteroatoms. The van der Waals surface area contributed by atoms with Gasteiger partial charge in [-0.05, 0) is 33.1 Å². The van der Waals surface area contributed by atoms with E-state index in [1.54, 1.807) is 0 Å². The highest BCUT2D eigenvalue weighted by Crippen LogP contribution is 2.07. The van der Waals surface area contributed by atoms with E-state index in [1.807, 2.05) is 0 Å². The Morgan fingerprint density at radius 3 is 0.692 bits per heavy atom. The molecule has 13 heavy (non-hydrogen) atoms. The third kappa shape index (κ3) is 2270. The molecule has 0 aliphatic rings. The van der Waals surface area contributed by atoms with Gasteiger partial charge in [-0.15, -0.1) is 0 Å².